The first-order chi connectivity index (χ1) is 7.76. The smallest absolute Gasteiger partial charge is 0.319 e. The highest BCUT2D eigenvalue weighted by molar-refractivity contribution is 5.11. The summed E-state index contributed by atoms with van der Waals surface area (Å²) in [6.45, 7) is 5.42. The Bertz CT molecular complexity index is 307. The zero-order chi connectivity index (χ0) is 11.8. The van der Waals surface area contributed by atoms with Crippen LogP contribution in [0, 0.1) is 0 Å². The van der Waals surface area contributed by atoms with E-state index in [2.05, 4.69) is 15.3 Å². The average Bonchev–Trinajstić information content (AvgIpc) is 2.27. The van der Waals surface area contributed by atoms with Crippen LogP contribution in [-0.2, 0) is 0 Å². The summed E-state index contributed by atoms with van der Waals surface area (Å²) in [6, 6.07) is 2.09. The Labute approximate surface area is 96.2 Å². The van der Waals surface area contributed by atoms with E-state index < -0.39 is 0 Å². The van der Waals surface area contributed by atoms with Crippen molar-refractivity contribution in [3.05, 3.63) is 12.3 Å². The minimum Gasteiger partial charge on any atom is -0.478 e. The second-order valence-electron chi connectivity index (χ2n) is 3.51. The minimum atomic E-state index is 0.0337. The van der Waals surface area contributed by atoms with Gasteiger partial charge in [-0.1, -0.05) is 6.92 Å². The molecule has 0 aliphatic heterocycles. The fourth-order valence-corrected chi connectivity index (χ4v) is 1.18. The highest BCUT2D eigenvalue weighted by Gasteiger charge is 2.06. The van der Waals surface area contributed by atoms with Gasteiger partial charge in [0.15, 0.2) is 0 Å². The van der Waals surface area contributed by atoms with Gasteiger partial charge in [0.05, 0.1) is 6.61 Å². The van der Waals surface area contributed by atoms with Crippen molar-refractivity contribution in [1.82, 2.24) is 15.3 Å². The van der Waals surface area contributed by atoms with Crippen LogP contribution in [0.1, 0.15) is 20.3 Å². The van der Waals surface area contributed by atoms with Crippen LogP contribution in [0.2, 0.25) is 0 Å². The minimum absolute atomic E-state index is 0.0337. The molecule has 1 rings (SSSR count). The highest BCUT2D eigenvalue weighted by atomic mass is 16.5. The SMILES string of the molecule is CCCOc1ccnc(OC(C)CNC)n1. The van der Waals surface area contributed by atoms with Crippen LogP contribution in [0.4, 0.5) is 0 Å². The standard InChI is InChI=1S/C11H19N3O2/c1-4-7-15-10-5-6-13-11(14-10)16-9(2)8-12-3/h5-6,9,12H,4,7-8H2,1-3H3. The molecular weight excluding hydrogens is 206 g/mol. The third-order valence-electron chi connectivity index (χ3n) is 1.86. The Morgan fingerprint density at radius 3 is 3.00 bits per heavy atom. The van der Waals surface area contributed by atoms with Gasteiger partial charge in [-0.25, -0.2) is 4.98 Å². The van der Waals surface area contributed by atoms with Crippen LogP contribution in [-0.4, -0.2) is 36.3 Å². The quantitative estimate of drug-likeness (QED) is 0.757. The molecule has 0 aliphatic rings. The van der Waals surface area contributed by atoms with Crippen LogP contribution < -0.4 is 14.8 Å². The summed E-state index contributed by atoms with van der Waals surface area (Å²) in [5.41, 5.74) is 0. The lowest BCUT2D eigenvalue weighted by Crippen LogP contribution is -2.26. The van der Waals surface area contributed by atoms with Gasteiger partial charge in [-0.15, -0.1) is 0 Å². The Kier molecular flexibility index (Phi) is 5.56. The topological polar surface area (TPSA) is 56.3 Å². The molecule has 0 aliphatic carbocycles. The van der Waals surface area contributed by atoms with E-state index in [1.807, 2.05) is 20.9 Å². The number of nitrogens with zero attached hydrogens (tertiary/aromatic N) is 2. The molecular formula is C11H19N3O2. The number of nitrogens with one attached hydrogen (secondary N) is 1. The average molecular weight is 225 g/mol. The molecule has 90 valence electrons. The largest absolute Gasteiger partial charge is 0.478 e. The first kappa shape index (κ1) is 12.7. The van der Waals surface area contributed by atoms with Gasteiger partial charge in [0.25, 0.3) is 0 Å². The van der Waals surface area contributed by atoms with Crippen molar-refractivity contribution in [2.24, 2.45) is 0 Å². The molecule has 0 bridgehead atoms. The van der Waals surface area contributed by atoms with Gasteiger partial charge in [-0.2, -0.15) is 4.98 Å². The van der Waals surface area contributed by atoms with Gasteiger partial charge in [-0.05, 0) is 20.4 Å². The summed E-state index contributed by atoms with van der Waals surface area (Å²) in [5.74, 6) is 0.559. The fourth-order valence-electron chi connectivity index (χ4n) is 1.18. The number of aromatic nitrogens is 2. The van der Waals surface area contributed by atoms with Crippen molar-refractivity contribution in [3.8, 4) is 11.9 Å². The van der Waals surface area contributed by atoms with E-state index in [4.69, 9.17) is 9.47 Å². The van der Waals surface area contributed by atoms with Crippen molar-refractivity contribution in [2.45, 2.75) is 26.4 Å². The van der Waals surface area contributed by atoms with Crippen molar-refractivity contribution in [1.29, 1.82) is 0 Å². The molecule has 1 aromatic heterocycles. The Morgan fingerprint density at radius 1 is 1.50 bits per heavy atom. The Hall–Kier alpha value is -1.36. The van der Waals surface area contributed by atoms with Gasteiger partial charge < -0.3 is 14.8 Å². The van der Waals surface area contributed by atoms with E-state index in [1.54, 1.807) is 12.3 Å². The molecule has 5 nitrogen and oxygen atoms in total. The van der Waals surface area contributed by atoms with E-state index in [0.29, 0.717) is 18.5 Å². The second kappa shape index (κ2) is 7.00. The summed E-state index contributed by atoms with van der Waals surface area (Å²) in [7, 11) is 1.88. The zero-order valence-corrected chi connectivity index (χ0v) is 10.1. The van der Waals surface area contributed by atoms with Gasteiger partial charge >= 0.3 is 6.01 Å². The van der Waals surface area contributed by atoms with Crippen molar-refractivity contribution in [3.63, 3.8) is 0 Å². The Balaban J connectivity index is 2.52. The lowest BCUT2D eigenvalue weighted by atomic mass is 10.4. The number of likely N-dealkylation sites (N-methyl/N-ethyl adjacent to an activating group) is 1. The monoisotopic (exact) mass is 225 g/mol. The molecule has 1 heterocycles. The summed E-state index contributed by atoms with van der Waals surface area (Å²) >= 11 is 0. The predicted molar refractivity (Wildman–Crippen MR) is 61.8 cm³/mol. The van der Waals surface area contributed by atoms with Crippen molar-refractivity contribution < 1.29 is 9.47 Å². The predicted octanol–water partition coefficient (Wildman–Crippen LogP) is 1.25. The maximum absolute atomic E-state index is 5.51. The maximum Gasteiger partial charge on any atom is 0.319 e. The molecule has 0 fully saturated rings. The van der Waals surface area contributed by atoms with Crippen LogP contribution in [0.25, 0.3) is 0 Å². The number of hydrogen-bond donors (Lipinski definition) is 1. The van der Waals surface area contributed by atoms with Crippen LogP contribution in [0.3, 0.4) is 0 Å². The molecule has 0 saturated heterocycles. The molecule has 16 heavy (non-hydrogen) atoms. The van der Waals surface area contributed by atoms with E-state index in [-0.39, 0.29) is 6.10 Å². The molecule has 1 aromatic rings. The lowest BCUT2D eigenvalue weighted by molar-refractivity contribution is 0.197. The third kappa shape index (κ3) is 4.44. The van der Waals surface area contributed by atoms with Gasteiger partial charge in [0.1, 0.15) is 6.10 Å². The number of hydrogen-bond acceptors (Lipinski definition) is 5. The Morgan fingerprint density at radius 2 is 2.31 bits per heavy atom. The van der Waals surface area contributed by atoms with E-state index in [1.165, 1.54) is 0 Å². The maximum atomic E-state index is 5.51. The summed E-state index contributed by atoms with van der Waals surface area (Å²) < 4.78 is 10.9. The van der Waals surface area contributed by atoms with Crippen LogP contribution in [0.5, 0.6) is 11.9 Å². The number of ether oxygens (including phenoxy) is 2. The van der Waals surface area contributed by atoms with E-state index in [0.717, 1.165) is 13.0 Å². The van der Waals surface area contributed by atoms with Gasteiger partial charge in [0.2, 0.25) is 5.88 Å². The fraction of sp³-hybridized carbons (Fsp3) is 0.636. The first-order valence-corrected chi connectivity index (χ1v) is 5.53. The second-order valence-corrected chi connectivity index (χ2v) is 3.51. The highest BCUT2D eigenvalue weighted by Crippen LogP contribution is 2.11. The molecule has 0 spiro atoms. The molecule has 5 heteroatoms. The summed E-state index contributed by atoms with van der Waals surface area (Å²) in [5, 5.41) is 3.02. The van der Waals surface area contributed by atoms with Gasteiger partial charge in [0, 0.05) is 18.8 Å². The van der Waals surface area contributed by atoms with E-state index >= 15 is 0 Å². The molecule has 0 aromatic carbocycles. The van der Waals surface area contributed by atoms with E-state index in [9.17, 15) is 0 Å². The normalized spacial score (nSPS) is 12.2. The first-order valence-electron chi connectivity index (χ1n) is 5.53. The lowest BCUT2D eigenvalue weighted by Gasteiger charge is -2.12. The summed E-state index contributed by atoms with van der Waals surface area (Å²) in [4.78, 5) is 8.18. The van der Waals surface area contributed by atoms with Gasteiger partial charge in [-0.3, -0.25) is 0 Å². The molecule has 0 saturated carbocycles. The number of rotatable bonds is 7. The molecule has 1 N–H and O–H groups in total. The third-order valence-corrected chi connectivity index (χ3v) is 1.86. The molecule has 1 unspecified atom stereocenters. The zero-order valence-electron chi connectivity index (χ0n) is 10.1. The van der Waals surface area contributed by atoms with Crippen LogP contribution >= 0.6 is 0 Å². The van der Waals surface area contributed by atoms with Crippen molar-refractivity contribution >= 4 is 0 Å². The summed E-state index contributed by atoms with van der Waals surface area (Å²) in [6.07, 6.45) is 2.63. The molecule has 0 radical (unpaired) electrons. The molecule has 0 amide bonds. The van der Waals surface area contributed by atoms with Crippen molar-refractivity contribution in [2.75, 3.05) is 20.2 Å². The van der Waals surface area contributed by atoms with Crippen LogP contribution in [0.15, 0.2) is 12.3 Å². The molecule has 1 atom stereocenters.